The van der Waals surface area contributed by atoms with Crippen molar-refractivity contribution in [2.45, 2.75) is 13.0 Å². The van der Waals surface area contributed by atoms with Crippen LogP contribution in [0.3, 0.4) is 0 Å². The maximum Gasteiger partial charge on any atom is 0.245 e. The second-order valence-corrected chi connectivity index (χ2v) is 5.01. The molecule has 4 N–H and O–H groups in total. The Balaban J connectivity index is 1.82. The van der Waals surface area contributed by atoms with E-state index in [9.17, 15) is 4.79 Å². The van der Waals surface area contributed by atoms with E-state index in [0.29, 0.717) is 5.69 Å². The maximum atomic E-state index is 12.3. The Morgan fingerprint density at radius 2 is 2.00 bits per heavy atom. The number of aromatic amines is 1. The molecule has 3 rings (SSSR count). The molecule has 0 fully saturated rings. The van der Waals surface area contributed by atoms with Crippen molar-refractivity contribution in [3.05, 3.63) is 59.8 Å². The van der Waals surface area contributed by atoms with Gasteiger partial charge in [0.05, 0.1) is 17.4 Å². The number of rotatable bonds is 3. The molecule has 0 aliphatic rings. The Morgan fingerprint density at radius 1 is 1.24 bits per heavy atom. The van der Waals surface area contributed by atoms with Gasteiger partial charge in [-0.15, -0.1) is 0 Å². The fourth-order valence-electron chi connectivity index (χ4n) is 2.21. The van der Waals surface area contributed by atoms with E-state index < -0.39 is 6.04 Å². The quantitative estimate of drug-likeness (QED) is 0.689. The molecule has 0 saturated heterocycles. The Hall–Kier alpha value is -2.66. The largest absolute Gasteiger partial charge is 0.324 e. The van der Waals surface area contributed by atoms with Gasteiger partial charge >= 0.3 is 0 Å². The van der Waals surface area contributed by atoms with Gasteiger partial charge in [-0.1, -0.05) is 35.9 Å². The van der Waals surface area contributed by atoms with Gasteiger partial charge in [-0.05, 0) is 24.6 Å². The van der Waals surface area contributed by atoms with Gasteiger partial charge in [-0.2, -0.15) is 5.10 Å². The first-order chi connectivity index (χ1) is 10.1. The van der Waals surface area contributed by atoms with E-state index in [-0.39, 0.29) is 5.91 Å². The number of H-pyrrole nitrogens is 1. The molecule has 2 aromatic carbocycles. The highest BCUT2D eigenvalue weighted by Crippen LogP contribution is 2.22. The number of hydrogen-bond acceptors (Lipinski definition) is 3. The summed E-state index contributed by atoms with van der Waals surface area (Å²) >= 11 is 0. The van der Waals surface area contributed by atoms with Gasteiger partial charge in [-0.25, -0.2) is 0 Å². The third kappa shape index (κ3) is 2.64. The van der Waals surface area contributed by atoms with Crippen molar-refractivity contribution in [1.82, 2.24) is 10.2 Å². The number of nitrogens with zero attached hydrogens (tertiary/aromatic N) is 1. The lowest BCUT2D eigenvalue weighted by Gasteiger charge is -2.13. The summed E-state index contributed by atoms with van der Waals surface area (Å²) in [5.74, 6) is -0.243. The van der Waals surface area contributed by atoms with E-state index >= 15 is 0 Å². The van der Waals surface area contributed by atoms with E-state index in [1.165, 1.54) is 0 Å². The monoisotopic (exact) mass is 280 g/mol. The summed E-state index contributed by atoms with van der Waals surface area (Å²) < 4.78 is 0. The zero-order valence-electron chi connectivity index (χ0n) is 11.6. The molecule has 1 unspecified atom stereocenters. The molecule has 1 amide bonds. The van der Waals surface area contributed by atoms with Crippen LogP contribution in [0.25, 0.3) is 10.9 Å². The van der Waals surface area contributed by atoms with Gasteiger partial charge in [0.1, 0.15) is 6.04 Å². The summed E-state index contributed by atoms with van der Waals surface area (Å²) in [6.45, 7) is 2.00. The molecule has 5 heteroatoms. The van der Waals surface area contributed by atoms with Crippen LogP contribution in [0.2, 0.25) is 0 Å². The Labute approximate surface area is 122 Å². The summed E-state index contributed by atoms with van der Waals surface area (Å²) in [5, 5.41) is 10.6. The predicted molar refractivity (Wildman–Crippen MR) is 82.8 cm³/mol. The number of hydrogen-bond donors (Lipinski definition) is 3. The van der Waals surface area contributed by atoms with Gasteiger partial charge in [0.15, 0.2) is 0 Å². The fraction of sp³-hybridized carbons (Fsp3) is 0.125. The molecule has 1 aromatic heterocycles. The number of amides is 1. The summed E-state index contributed by atoms with van der Waals surface area (Å²) in [5.41, 5.74) is 9.52. The predicted octanol–water partition coefficient (Wildman–Crippen LogP) is 2.51. The Bertz CT molecular complexity index is 776. The zero-order valence-corrected chi connectivity index (χ0v) is 11.6. The number of carbonyl (C=O) groups excluding carboxylic acids is 1. The molecule has 106 valence electrons. The van der Waals surface area contributed by atoms with Crippen LogP contribution in [0.1, 0.15) is 17.2 Å². The number of aryl methyl sites for hydroxylation is 1. The smallest absolute Gasteiger partial charge is 0.245 e. The summed E-state index contributed by atoms with van der Waals surface area (Å²) in [6.07, 6.45) is 1.68. The first-order valence-corrected chi connectivity index (χ1v) is 6.70. The molecular weight excluding hydrogens is 264 g/mol. The molecular formula is C16H16N4O. The van der Waals surface area contributed by atoms with Gasteiger partial charge < -0.3 is 11.1 Å². The van der Waals surface area contributed by atoms with Crippen LogP contribution < -0.4 is 11.1 Å². The van der Waals surface area contributed by atoms with Crippen LogP contribution in [0, 0.1) is 6.92 Å². The Kier molecular flexibility index (Phi) is 3.41. The minimum absolute atomic E-state index is 0.243. The van der Waals surface area contributed by atoms with Crippen molar-refractivity contribution in [2.24, 2.45) is 5.73 Å². The van der Waals surface area contributed by atoms with E-state index in [1.807, 2.05) is 49.4 Å². The van der Waals surface area contributed by atoms with Crippen molar-refractivity contribution in [3.8, 4) is 0 Å². The van der Waals surface area contributed by atoms with Crippen molar-refractivity contribution in [1.29, 1.82) is 0 Å². The SMILES string of the molecule is Cc1ccc(C(N)C(=O)Nc2cccc3[nH]ncc23)cc1. The number of carbonyl (C=O) groups is 1. The highest BCUT2D eigenvalue weighted by atomic mass is 16.2. The molecule has 1 heterocycles. The highest BCUT2D eigenvalue weighted by Gasteiger charge is 2.16. The lowest BCUT2D eigenvalue weighted by atomic mass is 10.1. The molecule has 0 bridgehead atoms. The number of aromatic nitrogens is 2. The van der Waals surface area contributed by atoms with Crippen molar-refractivity contribution >= 4 is 22.5 Å². The molecule has 0 aliphatic carbocycles. The first-order valence-electron chi connectivity index (χ1n) is 6.70. The van der Waals surface area contributed by atoms with Gasteiger partial charge in [0.25, 0.3) is 0 Å². The van der Waals surface area contributed by atoms with Crippen LogP contribution in [0.5, 0.6) is 0 Å². The number of nitrogens with two attached hydrogens (primary N) is 1. The summed E-state index contributed by atoms with van der Waals surface area (Å²) in [4.78, 5) is 12.3. The van der Waals surface area contributed by atoms with E-state index in [1.54, 1.807) is 6.20 Å². The molecule has 5 nitrogen and oxygen atoms in total. The number of anilines is 1. The third-order valence-electron chi connectivity index (χ3n) is 3.46. The van der Waals surface area contributed by atoms with Crippen LogP contribution in [-0.2, 0) is 4.79 Å². The molecule has 0 aliphatic heterocycles. The maximum absolute atomic E-state index is 12.3. The third-order valence-corrected chi connectivity index (χ3v) is 3.46. The summed E-state index contributed by atoms with van der Waals surface area (Å²) in [6, 6.07) is 12.5. The number of fused-ring (bicyclic) bond motifs is 1. The van der Waals surface area contributed by atoms with E-state index in [4.69, 9.17) is 5.73 Å². The Morgan fingerprint density at radius 3 is 2.76 bits per heavy atom. The summed E-state index contributed by atoms with van der Waals surface area (Å²) in [7, 11) is 0. The fourth-order valence-corrected chi connectivity index (χ4v) is 2.21. The van der Waals surface area contributed by atoms with Crippen LogP contribution in [-0.4, -0.2) is 16.1 Å². The standard InChI is InChI=1S/C16H16N4O/c1-10-5-7-11(8-6-10)15(17)16(21)19-13-3-2-4-14-12(13)9-18-20-14/h2-9,15H,17H2,1H3,(H,18,20)(H,19,21). The second-order valence-electron chi connectivity index (χ2n) is 5.01. The van der Waals surface area contributed by atoms with Crippen molar-refractivity contribution < 1.29 is 4.79 Å². The van der Waals surface area contributed by atoms with Gasteiger partial charge in [0.2, 0.25) is 5.91 Å². The number of nitrogens with one attached hydrogen (secondary N) is 2. The average molecular weight is 280 g/mol. The van der Waals surface area contributed by atoms with Crippen molar-refractivity contribution in [2.75, 3.05) is 5.32 Å². The van der Waals surface area contributed by atoms with Crippen LogP contribution in [0.15, 0.2) is 48.7 Å². The van der Waals surface area contributed by atoms with E-state index in [0.717, 1.165) is 22.0 Å². The van der Waals surface area contributed by atoms with E-state index in [2.05, 4.69) is 15.5 Å². The molecule has 0 radical (unpaired) electrons. The topological polar surface area (TPSA) is 83.8 Å². The molecule has 1 atom stereocenters. The molecule has 0 spiro atoms. The molecule has 0 saturated carbocycles. The van der Waals surface area contributed by atoms with Crippen molar-refractivity contribution in [3.63, 3.8) is 0 Å². The lowest BCUT2D eigenvalue weighted by Crippen LogP contribution is -2.27. The normalized spacial score (nSPS) is 12.3. The average Bonchev–Trinajstić information content (AvgIpc) is 2.97. The molecule has 3 aromatic rings. The highest BCUT2D eigenvalue weighted by molar-refractivity contribution is 6.02. The van der Waals surface area contributed by atoms with Crippen LogP contribution >= 0.6 is 0 Å². The lowest BCUT2D eigenvalue weighted by molar-refractivity contribution is -0.117. The minimum Gasteiger partial charge on any atom is -0.324 e. The molecule has 21 heavy (non-hydrogen) atoms. The second kappa shape index (κ2) is 5.38. The minimum atomic E-state index is -0.701. The van der Waals surface area contributed by atoms with Gasteiger partial charge in [0, 0.05) is 5.39 Å². The number of benzene rings is 2. The zero-order chi connectivity index (χ0) is 14.8. The van der Waals surface area contributed by atoms with Crippen LogP contribution in [0.4, 0.5) is 5.69 Å². The van der Waals surface area contributed by atoms with Gasteiger partial charge in [-0.3, -0.25) is 9.89 Å². The first kappa shape index (κ1) is 13.3.